The van der Waals surface area contributed by atoms with Crippen molar-refractivity contribution in [3.8, 4) is 0 Å². The number of carboxylic acid groups (broad SMARTS) is 1. The molecule has 0 aromatic rings. The second-order valence-corrected chi connectivity index (χ2v) is 5.17. The average Bonchev–Trinajstić information content (AvgIpc) is 2.98. The summed E-state index contributed by atoms with van der Waals surface area (Å²) in [5.74, 6) is -2.67. The quantitative estimate of drug-likeness (QED) is 0.328. The van der Waals surface area contributed by atoms with Crippen LogP contribution in [0.1, 0.15) is 12.8 Å². The van der Waals surface area contributed by atoms with Gasteiger partial charge in [-0.1, -0.05) is 0 Å². The Kier molecular flexibility index (Phi) is 7.12. The van der Waals surface area contributed by atoms with Crippen LogP contribution in [0.3, 0.4) is 0 Å². The first kappa shape index (κ1) is 18.2. The highest BCUT2D eigenvalue weighted by Crippen LogP contribution is 2.17. The van der Waals surface area contributed by atoms with Gasteiger partial charge in [0, 0.05) is 12.3 Å². The minimum Gasteiger partial charge on any atom is -0.480 e. The number of nitrogens with two attached hydrogens (primary N) is 1. The van der Waals surface area contributed by atoms with Gasteiger partial charge >= 0.3 is 5.97 Å². The predicted octanol–water partition coefficient (Wildman–Crippen LogP) is -2.45. The summed E-state index contributed by atoms with van der Waals surface area (Å²) >= 11 is 3.82. The minimum absolute atomic E-state index is 0.0591. The van der Waals surface area contributed by atoms with Gasteiger partial charge in [0.2, 0.25) is 17.7 Å². The number of hydrogen-bond donors (Lipinski definition) is 5. The molecule has 5 N–H and O–H groups in total. The van der Waals surface area contributed by atoms with E-state index in [9.17, 15) is 19.2 Å². The Morgan fingerprint density at radius 3 is 2.59 bits per heavy atom. The molecule has 0 aliphatic carbocycles. The van der Waals surface area contributed by atoms with Gasteiger partial charge in [-0.2, -0.15) is 12.6 Å². The lowest BCUT2D eigenvalue weighted by Gasteiger charge is -2.23. The number of hydrogen-bond acceptors (Lipinski definition) is 6. The molecule has 0 bridgehead atoms. The number of carbonyl (C=O) groups excluding carboxylic acids is 3. The maximum absolute atomic E-state index is 12.0. The van der Waals surface area contributed by atoms with Gasteiger partial charge in [0.25, 0.3) is 0 Å². The molecule has 0 spiro atoms. The van der Waals surface area contributed by atoms with Crippen LogP contribution in [0.25, 0.3) is 0 Å². The number of aliphatic carboxylic acids is 1. The molecule has 1 heterocycles. The van der Waals surface area contributed by atoms with Crippen LogP contribution < -0.4 is 16.4 Å². The van der Waals surface area contributed by atoms with Crippen LogP contribution in [-0.2, 0) is 19.2 Å². The summed E-state index contributed by atoms with van der Waals surface area (Å²) in [6.45, 7) is -0.0783. The number of nitrogens with one attached hydrogen (secondary N) is 2. The van der Waals surface area contributed by atoms with Crippen LogP contribution in [0.5, 0.6) is 0 Å². The summed E-state index contributed by atoms with van der Waals surface area (Å²) in [7, 11) is 0. The molecule has 2 unspecified atom stereocenters. The van der Waals surface area contributed by atoms with E-state index in [1.165, 1.54) is 4.90 Å². The Morgan fingerprint density at radius 1 is 1.36 bits per heavy atom. The largest absolute Gasteiger partial charge is 0.480 e. The maximum atomic E-state index is 12.0. The zero-order valence-corrected chi connectivity index (χ0v) is 12.8. The van der Waals surface area contributed by atoms with Gasteiger partial charge in [0.1, 0.15) is 12.1 Å². The Labute approximate surface area is 133 Å². The van der Waals surface area contributed by atoms with Gasteiger partial charge in [0.15, 0.2) is 0 Å². The lowest BCUT2D eigenvalue weighted by atomic mass is 10.2. The fraction of sp³-hybridized carbons (Fsp3) is 0.667. The van der Waals surface area contributed by atoms with Crippen LogP contribution in [0.15, 0.2) is 0 Å². The summed E-state index contributed by atoms with van der Waals surface area (Å²) < 4.78 is 0. The smallest absolute Gasteiger partial charge is 0.327 e. The van der Waals surface area contributed by atoms with Crippen molar-refractivity contribution in [1.29, 1.82) is 0 Å². The topological polar surface area (TPSA) is 142 Å². The van der Waals surface area contributed by atoms with Crippen molar-refractivity contribution in [3.05, 3.63) is 0 Å². The van der Waals surface area contributed by atoms with Crippen molar-refractivity contribution in [2.45, 2.75) is 24.9 Å². The van der Waals surface area contributed by atoms with Crippen molar-refractivity contribution < 1.29 is 24.3 Å². The van der Waals surface area contributed by atoms with Crippen molar-refractivity contribution in [2.75, 3.05) is 25.4 Å². The molecule has 0 saturated carbocycles. The number of carboxylic acids is 1. The molecule has 2 atom stereocenters. The molecule has 0 aromatic heterocycles. The number of carbonyl (C=O) groups is 4. The first-order valence-corrected chi connectivity index (χ1v) is 7.44. The highest BCUT2D eigenvalue weighted by molar-refractivity contribution is 7.80. The van der Waals surface area contributed by atoms with Crippen molar-refractivity contribution in [1.82, 2.24) is 15.5 Å². The second kappa shape index (κ2) is 8.59. The Balaban J connectivity index is 2.46. The maximum Gasteiger partial charge on any atom is 0.327 e. The highest BCUT2D eigenvalue weighted by Gasteiger charge is 2.33. The summed E-state index contributed by atoms with van der Waals surface area (Å²) in [6.07, 6.45) is 1.20. The molecule has 1 rings (SSSR count). The number of amides is 3. The average molecular weight is 332 g/mol. The van der Waals surface area contributed by atoms with Gasteiger partial charge in [0.05, 0.1) is 13.1 Å². The van der Waals surface area contributed by atoms with Gasteiger partial charge in [-0.15, -0.1) is 0 Å². The molecule has 1 aliphatic rings. The first-order valence-electron chi connectivity index (χ1n) is 6.81. The summed E-state index contributed by atoms with van der Waals surface area (Å²) in [5.41, 5.74) is 5.29. The SMILES string of the molecule is NCC(=O)N1CCCC1C(=O)NCC(=O)NC(CS)C(=O)O. The first-order chi connectivity index (χ1) is 10.4. The summed E-state index contributed by atoms with van der Waals surface area (Å²) in [4.78, 5) is 47.3. The lowest BCUT2D eigenvalue weighted by Crippen LogP contribution is -2.51. The molecule has 124 valence electrons. The van der Waals surface area contributed by atoms with Gasteiger partial charge in [-0.25, -0.2) is 4.79 Å². The van der Waals surface area contributed by atoms with Crippen LogP contribution in [0.2, 0.25) is 0 Å². The number of rotatable bonds is 7. The minimum atomic E-state index is -1.20. The van der Waals surface area contributed by atoms with Gasteiger partial charge in [-0.3, -0.25) is 14.4 Å². The zero-order chi connectivity index (χ0) is 16.7. The van der Waals surface area contributed by atoms with Crippen LogP contribution in [0, 0.1) is 0 Å². The van der Waals surface area contributed by atoms with Gasteiger partial charge < -0.3 is 26.4 Å². The van der Waals surface area contributed by atoms with E-state index >= 15 is 0 Å². The second-order valence-electron chi connectivity index (χ2n) is 4.81. The Bertz CT molecular complexity index is 459. The van der Waals surface area contributed by atoms with E-state index in [4.69, 9.17) is 10.8 Å². The molecule has 0 radical (unpaired) electrons. The summed E-state index contributed by atoms with van der Waals surface area (Å²) in [5, 5.41) is 13.4. The molecule has 1 fully saturated rings. The Hall–Kier alpha value is -1.81. The number of likely N-dealkylation sites (tertiary alicyclic amines) is 1. The van der Waals surface area contributed by atoms with E-state index in [1.54, 1.807) is 0 Å². The third-order valence-electron chi connectivity index (χ3n) is 3.29. The summed E-state index contributed by atoms with van der Waals surface area (Å²) in [6, 6.07) is -1.75. The van der Waals surface area contributed by atoms with Crippen molar-refractivity contribution >= 4 is 36.3 Å². The third kappa shape index (κ3) is 4.88. The van der Waals surface area contributed by atoms with Crippen LogP contribution in [-0.4, -0.2) is 71.2 Å². The molecule has 0 aromatic carbocycles. The number of nitrogens with zero attached hydrogens (tertiary/aromatic N) is 1. The number of thiol groups is 1. The van der Waals surface area contributed by atoms with E-state index in [1.807, 2.05) is 0 Å². The van der Waals surface area contributed by atoms with E-state index in [-0.39, 0.29) is 24.7 Å². The van der Waals surface area contributed by atoms with Crippen molar-refractivity contribution in [2.24, 2.45) is 5.73 Å². The normalized spacial score (nSPS) is 18.6. The van der Waals surface area contributed by atoms with Crippen molar-refractivity contribution in [3.63, 3.8) is 0 Å². The molecule has 1 saturated heterocycles. The monoisotopic (exact) mass is 332 g/mol. The Morgan fingerprint density at radius 2 is 2.05 bits per heavy atom. The molecule has 1 aliphatic heterocycles. The van der Waals surface area contributed by atoms with E-state index < -0.39 is 29.9 Å². The molecule has 3 amide bonds. The zero-order valence-electron chi connectivity index (χ0n) is 11.9. The van der Waals surface area contributed by atoms with Crippen LogP contribution in [0.4, 0.5) is 0 Å². The molecule has 10 heteroatoms. The molecular weight excluding hydrogens is 312 g/mol. The predicted molar refractivity (Wildman–Crippen MR) is 80.2 cm³/mol. The van der Waals surface area contributed by atoms with E-state index in [0.717, 1.165) is 0 Å². The molecule has 9 nitrogen and oxygen atoms in total. The lowest BCUT2D eigenvalue weighted by molar-refractivity contribution is -0.141. The molecular formula is C12H20N4O5S. The van der Waals surface area contributed by atoms with Gasteiger partial charge in [-0.05, 0) is 12.8 Å². The van der Waals surface area contributed by atoms with Crippen LogP contribution >= 0.6 is 12.6 Å². The fourth-order valence-corrected chi connectivity index (χ4v) is 2.42. The third-order valence-corrected chi connectivity index (χ3v) is 3.65. The van der Waals surface area contributed by atoms with E-state index in [0.29, 0.717) is 19.4 Å². The van der Waals surface area contributed by atoms with E-state index in [2.05, 4.69) is 23.3 Å². The fourth-order valence-electron chi connectivity index (χ4n) is 2.17. The highest BCUT2D eigenvalue weighted by atomic mass is 32.1. The standard InChI is InChI=1S/C12H20N4O5S/c13-4-10(18)16-3-1-2-8(16)11(19)14-5-9(17)15-7(6-22)12(20)21/h7-8,22H,1-6,13H2,(H,14,19)(H,15,17)(H,20,21). The molecule has 22 heavy (non-hydrogen) atoms.